The van der Waals surface area contributed by atoms with Crippen molar-refractivity contribution in [2.45, 2.75) is 18.7 Å². The minimum Gasteiger partial charge on any atom is -0.502 e. The molecule has 0 spiro atoms. The van der Waals surface area contributed by atoms with Crippen molar-refractivity contribution in [3.8, 4) is 0 Å². The Morgan fingerprint density at radius 2 is 2.00 bits per heavy atom. The number of hydrogen-bond donors (Lipinski definition) is 2. The molecule has 0 aliphatic rings. The average Bonchev–Trinajstić information content (AvgIpc) is 2.02. The molecule has 0 heterocycles. The van der Waals surface area contributed by atoms with Crippen LogP contribution in [0.4, 0.5) is 13.2 Å². The van der Waals surface area contributed by atoms with Crippen LogP contribution in [0, 0.1) is 0 Å². The molecule has 0 saturated heterocycles. The van der Waals surface area contributed by atoms with E-state index in [4.69, 9.17) is 10.8 Å². The van der Waals surface area contributed by atoms with Crippen molar-refractivity contribution in [1.29, 1.82) is 0 Å². The second-order valence-electron chi connectivity index (χ2n) is 2.59. The van der Waals surface area contributed by atoms with E-state index in [1.165, 1.54) is 14.0 Å². The molecule has 0 aromatic heterocycles. The third kappa shape index (κ3) is 2.89. The van der Waals surface area contributed by atoms with Crippen LogP contribution in [0.2, 0.25) is 0 Å². The molecule has 0 radical (unpaired) electrons. The molecule has 6 heteroatoms. The molecule has 3 nitrogen and oxygen atoms in total. The molecule has 0 fully saturated rings. The number of alkyl halides is 3. The summed E-state index contributed by atoms with van der Waals surface area (Å²) in [5, 5.41) is 9.05. The molecule has 1 unspecified atom stereocenters. The Morgan fingerprint density at radius 3 is 2.23 bits per heavy atom. The lowest BCUT2D eigenvalue weighted by Gasteiger charge is -2.26. The largest absolute Gasteiger partial charge is 0.502 e. The molecule has 0 saturated carbocycles. The maximum absolute atomic E-state index is 12.2. The fourth-order valence-electron chi connectivity index (χ4n) is 0.652. The Kier molecular flexibility index (Phi) is 3.74. The Hall–Kier alpha value is -0.750. The summed E-state index contributed by atoms with van der Waals surface area (Å²) in [5.41, 5.74) is 1.82. The molecule has 78 valence electrons. The minimum atomic E-state index is -4.79. The summed E-state index contributed by atoms with van der Waals surface area (Å²) in [7, 11) is 1.21. The van der Waals surface area contributed by atoms with Crippen LogP contribution in [-0.2, 0) is 4.74 Å². The number of allylic oxidation sites excluding steroid dienone is 1. The highest BCUT2D eigenvalue weighted by molar-refractivity contribution is 5.09. The highest BCUT2D eigenvalue weighted by atomic mass is 19.4. The van der Waals surface area contributed by atoms with Gasteiger partial charge in [0.05, 0.1) is 12.9 Å². The first kappa shape index (κ1) is 12.2. The lowest BCUT2D eigenvalue weighted by molar-refractivity contribution is -0.236. The third-order valence-corrected chi connectivity index (χ3v) is 1.57. The molecular weight excluding hydrogens is 187 g/mol. The van der Waals surface area contributed by atoms with Crippen molar-refractivity contribution < 1.29 is 23.0 Å². The number of aliphatic hydroxyl groups is 1. The molecule has 0 aliphatic heterocycles. The smallest absolute Gasteiger partial charge is 0.422 e. The van der Waals surface area contributed by atoms with Crippen molar-refractivity contribution >= 4 is 0 Å². The molecule has 0 bridgehead atoms. The fourth-order valence-corrected chi connectivity index (χ4v) is 0.652. The normalized spacial score (nSPS) is 18.2. The van der Waals surface area contributed by atoms with E-state index in [2.05, 4.69) is 4.74 Å². The zero-order chi connectivity index (χ0) is 10.7. The summed E-state index contributed by atoms with van der Waals surface area (Å²) in [6.07, 6.45) is -4.24. The van der Waals surface area contributed by atoms with Gasteiger partial charge in [0.15, 0.2) is 5.60 Å². The summed E-state index contributed by atoms with van der Waals surface area (Å²) in [5.74, 6) is -0.0368. The van der Waals surface area contributed by atoms with Crippen LogP contribution in [0.15, 0.2) is 11.8 Å². The van der Waals surface area contributed by atoms with E-state index in [1.807, 2.05) is 0 Å². The summed E-state index contributed by atoms with van der Waals surface area (Å²) < 4.78 is 41.0. The fraction of sp³-hybridized carbons (Fsp3) is 0.714. The van der Waals surface area contributed by atoms with Crippen molar-refractivity contribution in [2.24, 2.45) is 5.73 Å². The van der Waals surface area contributed by atoms with E-state index in [-0.39, 0.29) is 5.76 Å². The predicted octanol–water partition coefficient (Wildman–Crippen LogP) is 0.789. The predicted molar refractivity (Wildman–Crippen MR) is 40.8 cm³/mol. The van der Waals surface area contributed by atoms with Crippen LogP contribution in [-0.4, -0.2) is 30.5 Å². The monoisotopic (exact) mass is 199 g/mol. The molecule has 13 heavy (non-hydrogen) atoms. The first-order chi connectivity index (χ1) is 5.77. The Balaban J connectivity index is 4.86. The first-order valence-electron chi connectivity index (χ1n) is 3.49. The Morgan fingerprint density at radius 1 is 1.54 bits per heavy atom. The standard InChI is InChI=1S/C7H12F3NO2/c1-5(13-2)3-6(12,4-11)7(8,9)10/h3,12H,4,11H2,1-2H3/b5-3+. The van der Waals surface area contributed by atoms with Crippen molar-refractivity contribution in [2.75, 3.05) is 13.7 Å². The van der Waals surface area contributed by atoms with Gasteiger partial charge < -0.3 is 15.6 Å². The molecule has 0 aromatic carbocycles. The van der Waals surface area contributed by atoms with Crippen LogP contribution in [0.3, 0.4) is 0 Å². The van der Waals surface area contributed by atoms with Gasteiger partial charge in [-0.25, -0.2) is 0 Å². The van der Waals surface area contributed by atoms with Gasteiger partial charge in [-0.3, -0.25) is 0 Å². The number of halogens is 3. The summed E-state index contributed by atoms with van der Waals surface area (Å²) in [6.45, 7) is 0.365. The molecule has 3 N–H and O–H groups in total. The molecule has 0 aliphatic carbocycles. The molecule has 0 rings (SSSR count). The van der Waals surface area contributed by atoms with Gasteiger partial charge in [0.2, 0.25) is 0 Å². The number of methoxy groups -OCH3 is 1. The molecule has 0 amide bonds. The van der Waals surface area contributed by atoms with Crippen LogP contribution in [0.25, 0.3) is 0 Å². The lowest BCUT2D eigenvalue weighted by atomic mass is 10.0. The quantitative estimate of drug-likeness (QED) is 0.660. The van der Waals surface area contributed by atoms with E-state index in [0.29, 0.717) is 6.08 Å². The third-order valence-electron chi connectivity index (χ3n) is 1.57. The zero-order valence-electron chi connectivity index (χ0n) is 7.35. The average molecular weight is 199 g/mol. The number of rotatable bonds is 3. The highest BCUT2D eigenvalue weighted by Gasteiger charge is 2.51. The molecular formula is C7H12F3NO2. The second-order valence-corrected chi connectivity index (χ2v) is 2.59. The van der Waals surface area contributed by atoms with Crippen LogP contribution < -0.4 is 5.73 Å². The number of hydrogen-bond acceptors (Lipinski definition) is 3. The minimum absolute atomic E-state index is 0.0368. The van der Waals surface area contributed by atoms with Gasteiger partial charge in [-0.2, -0.15) is 13.2 Å². The van der Waals surface area contributed by atoms with Crippen molar-refractivity contribution in [1.82, 2.24) is 0 Å². The second kappa shape index (κ2) is 3.97. The number of nitrogens with two attached hydrogens (primary N) is 1. The lowest BCUT2D eigenvalue weighted by Crippen LogP contribution is -2.49. The molecule has 1 atom stereocenters. The van der Waals surface area contributed by atoms with Crippen LogP contribution in [0.1, 0.15) is 6.92 Å². The topological polar surface area (TPSA) is 55.5 Å². The van der Waals surface area contributed by atoms with E-state index in [1.54, 1.807) is 0 Å². The van der Waals surface area contributed by atoms with E-state index in [0.717, 1.165) is 0 Å². The van der Waals surface area contributed by atoms with Gasteiger partial charge in [-0.1, -0.05) is 0 Å². The van der Waals surface area contributed by atoms with Crippen LogP contribution in [0.5, 0.6) is 0 Å². The SMILES string of the molecule is CO/C(C)=C/C(O)(CN)C(F)(F)F. The van der Waals surface area contributed by atoms with Crippen LogP contribution >= 0.6 is 0 Å². The van der Waals surface area contributed by atoms with Gasteiger partial charge in [-0.15, -0.1) is 0 Å². The van der Waals surface area contributed by atoms with Gasteiger partial charge in [0, 0.05) is 6.54 Å². The summed E-state index contributed by atoms with van der Waals surface area (Å²) in [4.78, 5) is 0. The highest BCUT2D eigenvalue weighted by Crippen LogP contribution is 2.31. The van der Waals surface area contributed by atoms with Gasteiger partial charge in [0.25, 0.3) is 0 Å². The van der Waals surface area contributed by atoms with Crippen molar-refractivity contribution in [3.63, 3.8) is 0 Å². The van der Waals surface area contributed by atoms with E-state index < -0.39 is 18.3 Å². The van der Waals surface area contributed by atoms with Crippen molar-refractivity contribution in [3.05, 3.63) is 11.8 Å². The number of ether oxygens (including phenoxy) is 1. The Labute approximate surface area is 74.0 Å². The van der Waals surface area contributed by atoms with E-state index in [9.17, 15) is 13.2 Å². The Bertz CT molecular complexity index is 202. The zero-order valence-corrected chi connectivity index (χ0v) is 7.35. The maximum atomic E-state index is 12.2. The van der Waals surface area contributed by atoms with Gasteiger partial charge >= 0.3 is 6.18 Å². The summed E-state index contributed by atoms with van der Waals surface area (Å²) in [6, 6.07) is 0. The van der Waals surface area contributed by atoms with Gasteiger partial charge in [0.1, 0.15) is 0 Å². The van der Waals surface area contributed by atoms with Gasteiger partial charge in [-0.05, 0) is 13.0 Å². The summed E-state index contributed by atoms with van der Waals surface area (Å²) >= 11 is 0. The maximum Gasteiger partial charge on any atom is 0.422 e. The molecule has 0 aromatic rings. The van der Waals surface area contributed by atoms with E-state index >= 15 is 0 Å². The first-order valence-corrected chi connectivity index (χ1v) is 3.49.